The van der Waals surface area contributed by atoms with Gasteiger partial charge < -0.3 is 9.47 Å². The number of nitrogens with zero attached hydrogens (tertiary/aromatic N) is 2. The minimum Gasteiger partial charge on any atom is -0.311 e. The third-order valence-corrected chi connectivity index (χ3v) is 12.4. The van der Waals surface area contributed by atoms with Gasteiger partial charge in [-0.15, -0.1) is 0 Å². The average molecular weight is 793 g/mol. The van der Waals surface area contributed by atoms with E-state index < -0.39 is 0 Å². The Labute approximate surface area is 363 Å². The molecule has 0 bridgehead atoms. The van der Waals surface area contributed by atoms with Crippen LogP contribution in [-0.2, 0) is 0 Å². The van der Waals surface area contributed by atoms with Crippen LogP contribution in [0, 0.1) is 0 Å². The van der Waals surface area contributed by atoms with E-state index in [0.29, 0.717) is 5.92 Å². The fraction of sp³-hybridized carbons (Fsp3) is 0.0333. The second-order valence-electron chi connectivity index (χ2n) is 16.1. The quantitative estimate of drug-likeness (QED) is 0.141. The van der Waals surface area contributed by atoms with Crippen LogP contribution in [0.4, 0.5) is 17.1 Å². The van der Waals surface area contributed by atoms with Gasteiger partial charge in [-0.05, 0) is 123 Å². The molecule has 0 spiro atoms. The van der Waals surface area contributed by atoms with E-state index in [9.17, 15) is 0 Å². The molecule has 1 aliphatic carbocycles. The largest absolute Gasteiger partial charge is 0.311 e. The summed E-state index contributed by atoms with van der Waals surface area (Å²) >= 11 is 0. The van der Waals surface area contributed by atoms with Crippen molar-refractivity contribution in [2.75, 3.05) is 4.90 Å². The molecule has 0 saturated heterocycles. The molecule has 11 rings (SSSR count). The third-order valence-electron chi connectivity index (χ3n) is 12.4. The number of hydrogen-bond donors (Lipinski definition) is 0. The fourth-order valence-electron chi connectivity index (χ4n) is 9.25. The first-order valence-corrected chi connectivity index (χ1v) is 21.5. The lowest BCUT2D eigenvalue weighted by atomic mass is 9.85. The van der Waals surface area contributed by atoms with Crippen molar-refractivity contribution in [1.29, 1.82) is 0 Å². The Morgan fingerprint density at radius 1 is 0.371 bits per heavy atom. The van der Waals surface area contributed by atoms with Crippen LogP contribution in [0.2, 0.25) is 0 Å². The van der Waals surface area contributed by atoms with E-state index >= 15 is 0 Å². The Hall–Kier alpha value is -7.94. The van der Waals surface area contributed by atoms with E-state index in [0.717, 1.165) is 29.2 Å². The summed E-state index contributed by atoms with van der Waals surface area (Å²) in [5.41, 5.74) is 17.9. The first-order chi connectivity index (χ1) is 30.7. The summed E-state index contributed by atoms with van der Waals surface area (Å²) < 4.78 is 2.38. The van der Waals surface area contributed by atoms with Gasteiger partial charge in [0.25, 0.3) is 0 Å². The Morgan fingerprint density at radius 2 is 0.839 bits per heavy atom. The average Bonchev–Trinajstić information content (AvgIpc) is 3.70. The predicted octanol–water partition coefficient (Wildman–Crippen LogP) is 16.5. The summed E-state index contributed by atoms with van der Waals surface area (Å²) in [6.45, 7) is 0. The summed E-state index contributed by atoms with van der Waals surface area (Å²) in [6.07, 6.45) is 9.94. The molecule has 1 heterocycles. The van der Waals surface area contributed by atoms with Gasteiger partial charge in [0.2, 0.25) is 0 Å². The lowest BCUT2D eigenvalue weighted by Crippen LogP contribution is -2.09. The molecule has 0 radical (unpaired) electrons. The lowest BCUT2D eigenvalue weighted by molar-refractivity contribution is 0.856. The van der Waals surface area contributed by atoms with Crippen molar-refractivity contribution in [1.82, 2.24) is 4.57 Å². The van der Waals surface area contributed by atoms with E-state index in [1.807, 2.05) is 0 Å². The molecular formula is C60H44N2. The van der Waals surface area contributed by atoms with E-state index in [4.69, 9.17) is 0 Å². The van der Waals surface area contributed by atoms with Gasteiger partial charge in [-0.3, -0.25) is 0 Å². The SMILES string of the molecule is C1=CCC(c2ccc(-c3ccc(N(c4ccc(-c5ccccc5)cc4)c4ccc(-c5cccc(-n6c7ccccc7c7ccccc76)c5)cc4)cc3)cc2-c2ccccc2)C=C1. The van der Waals surface area contributed by atoms with Gasteiger partial charge in [0, 0.05) is 39.4 Å². The number of rotatable bonds is 9. The zero-order chi connectivity index (χ0) is 41.2. The Balaban J connectivity index is 0.952. The highest BCUT2D eigenvalue weighted by Crippen LogP contribution is 2.41. The van der Waals surface area contributed by atoms with Crippen LogP contribution < -0.4 is 4.90 Å². The maximum atomic E-state index is 2.38. The number of para-hydroxylation sites is 2. The molecule has 2 nitrogen and oxygen atoms in total. The fourth-order valence-corrected chi connectivity index (χ4v) is 9.25. The van der Waals surface area contributed by atoms with Crippen molar-refractivity contribution >= 4 is 38.9 Å². The first kappa shape index (κ1) is 37.1. The molecule has 1 unspecified atom stereocenters. The standard InChI is InChI=1S/C60H44N2/c1-4-15-43(16-5-1)44-27-34-51(35-28-44)61(53-38-31-46(32-39-53)50-33-40-55(47-17-6-2-7-18-47)58(42-50)48-19-8-3-9-20-48)52-36-29-45(30-37-52)49-21-14-22-54(41-49)62-59-25-12-10-23-56(59)57-24-11-13-26-60(57)62/h1-17,19-42,47H,18H2. The molecule has 1 aliphatic rings. The topological polar surface area (TPSA) is 8.17 Å². The van der Waals surface area contributed by atoms with Gasteiger partial charge in [-0.25, -0.2) is 0 Å². The monoisotopic (exact) mass is 792 g/mol. The number of allylic oxidation sites excluding steroid dienone is 4. The van der Waals surface area contributed by atoms with Crippen LogP contribution in [0.15, 0.2) is 249 Å². The second-order valence-corrected chi connectivity index (χ2v) is 16.1. The second kappa shape index (κ2) is 16.3. The molecule has 2 heteroatoms. The van der Waals surface area contributed by atoms with Gasteiger partial charge in [0.1, 0.15) is 0 Å². The molecular weight excluding hydrogens is 749 g/mol. The smallest absolute Gasteiger partial charge is 0.0541 e. The Kier molecular flexibility index (Phi) is 9.72. The number of fused-ring (bicyclic) bond motifs is 3. The zero-order valence-electron chi connectivity index (χ0n) is 34.4. The normalized spacial score (nSPS) is 13.5. The molecule has 0 saturated carbocycles. The molecule has 9 aromatic carbocycles. The summed E-state index contributed by atoms with van der Waals surface area (Å²) in [5, 5.41) is 2.53. The van der Waals surface area contributed by atoms with Crippen LogP contribution in [0.3, 0.4) is 0 Å². The van der Waals surface area contributed by atoms with Crippen molar-refractivity contribution in [2.45, 2.75) is 12.3 Å². The van der Waals surface area contributed by atoms with Crippen LogP contribution in [-0.4, -0.2) is 4.57 Å². The highest BCUT2D eigenvalue weighted by atomic mass is 15.1. The van der Waals surface area contributed by atoms with Gasteiger partial charge in [-0.1, -0.05) is 182 Å². The van der Waals surface area contributed by atoms with Gasteiger partial charge in [0.05, 0.1) is 11.0 Å². The Bertz CT molecular complexity index is 3170. The van der Waals surface area contributed by atoms with Crippen LogP contribution >= 0.6 is 0 Å². The van der Waals surface area contributed by atoms with E-state index in [1.54, 1.807) is 0 Å². The number of anilines is 3. The predicted molar refractivity (Wildman–Crippen MR) is 263 cm³/mol. The summed E-state index contributed by atoms with van der Waals surface area (Å²) in [4.78, 5) is 2.36. The molecule has 1 atom stereocenters. The Morgan fingerprint density at radius 3 is 1.40 bits per heavy atom. The molecule has 1 aromatic heterocycles. The molecule has 10 aromatic rings. The van der Waals surface area contributed by atoms with Crippen LogP contribution in [0.5, 0.6) is 0 Å². The summed E-state index contributed by atoms with van der Waals surface area (Å²) in [6, 6.07) is 81.7. The highest BCUT2D eigenvalue weighted by Gasteiger charge is 2.18. The van der Waals surface area contributed by atoms with Crippen molar-refractivity contribution in [3.05, 3.63) is 254 Å². The molecule has 0 fully saturated rings. The van der Waals surface area contributed by atoms with Crippen molar-refractivity contribution < 1.29 is 0 Å². The van der Waals surface area contributed by atoms with E-state index in [2.05, 4.69) is 258 Å². The van der Waals surface area contributed by atoms with Gasteiger partial charge in [0.15, 0.2) is 0 Å². The van der Waals surface area contributed by atoms with Gasteiger partial charge in [-0.2, -0.15) is 0 Å². The van der Waals surface area contributed by atoms with Crippen LogP contribution in [0.25, 0.3) is 72.0 Å². The van der Waals surface area contributed by atoms with Crippen LogP contribution in [0.1, 0.15) is 17.9 Å². The molecule has 0 amide bonds. The zero-order valence-corrected chi connectivity index (χ0v) is 34.4. The molecule has 0 aliphatic heterocycles. The maximum Gasteiger partial charge on any atom is 0.0541 e. The van der Waals surface area contributed by atoms with E-state index in [-0.39, 0.29) is 0 Å². The molecule has 294 valence electrons. The minimum absolute atomic E-state index is 0.365. The lowest BCUT2D eigenvalue weighted by Gasteiger charge is -2.26. The molecule has 62 heavy (non-hydrogen) atoms. The third kappa shape index (κ3) is 7.02. The number of benzene rings is 9. The van der Waals surface area contributed by atoms with Crippen molar-refractivity contribution in [2.24, 2.45) is 0 Å². The maximum absolute atomic E-state index is 2.38. The molecule has 0 N–H and O–H groups in total. The van der Waals surface area contributed by atoms with Gasteiger partial charge >= 0.3 is 0 Å². The van der Waals surface area contributed by atoms with Crippen molar-refractivity contribution in [3.8, 4) is 50.2 Å². The minimum atomic E-state index is 0.365. The summed E-state index contributed by atoms with van der Waals surface area (Å²) in [5.74, 6) is 0.365. The number of aromatic nitrogens is 1. The highest BCUT2D eigenvalue weighted by molar-refractivity contribution is 6.09. The van der Waals surface area contributed by atoms with Crippen molar-refractivity contribution in [3.63, 3.8) is 0 Å². The summed E-state index contributed by atoms with van der Waals surface area (Å²) in [7, 11) is 0. The number of hydrogen-bond acceptors (Lipinski definition) is 1. The first-order valence-electron chi connectivity index (χ1n) is 21.5. The van der Waals surface area contributed by atoms with E-state index in [1.165, 1.54) is 71.9 Å².